The summed E-state index contributed by atoms with van der Waals surface area (Å²) in [4.78, 5) is 13.3. The molecule has 1 aliphatic heterocycles. The summed E-state index contributed by atoms with van der Waals surface area (Å²) >= 11 is 0. The van der Waals surface area contributed by atoms with Gasteiger partial charge >= 0.3 is 0 Å². The van der Waals surface area contributed by atoms with Crippen LogP contribution in [-0.4, -0.2) is 55.1 Å². The van der Waals surface area contributed by atoms with E-state index < -0.39 is 0 Å². The van der Waals surface area contributed by atoms with E-state index in [9.17, 15) is 0 Å². The first-order chi connectivity index (χ1) is 8.63. The molecule has 1 aromatic heterocycles. The van der Waals surface area contributed by atoms with Crippen molar-refractivity contribution in [1.82, 2.24) is 14.9 Å². The van der Waals surface area contributed by atoms with Gasteiger partial charge in [0.25, 0.3) is 0 Å². The first-order valence-corrected chi connectivity index (χ1v) is 6.54. The summed E-state index contributed by atoms with van der Waals surface area (Å²) < 4.78 is 0. The maximum Gasteiger partial charge on any atom is 0.136 e. The van der Waals surface area contributed by atoms with Gasteiger partial charge in [-0.1, -0.05) is 0 Å². The van der Waals surface area contributed by atoms with Crippen LogP contribution < -0.4 is 10.2 Å². The van der Waals surface area contributed by atoms with Crippen molar-refractivity contribution < 1.29 is 0 Å². The largest absolute Gasteiger partial charge is 0.373 e. The number of rotatable bonds is 4. The van der Waals surface area contributed by atoms with Crippen molar-refractivity contribution in [2.45, 2.75) is 25.8 Å². The van der Waals surface area contributed by atoms with E-state index in [1.54, 1.807) is 6.33 Å². The number of hydrogen-bond acceptors (Lipinski definition) is 5. The first-order valence-electron chi connectivity index (χ1n) is 6.54. The lowest BCUT2D eigenvalue weighted by Gasteiger charge is -2.27. The lowest BCUT2D eigenvalue weighted by molar-refractivity contribution is 0.314. The van der Waals surface area contributed by atoms with E-state index in [1.165, 1.54) is 19.4 Å². The highest BCUT2D eigenvalue weighted by Gasteiger charge is 2.23. The molecule has 5 heteroatoms. The van der Waals surface area contributed by atoms with Crippen molar-refractivity contribution >= 4 is 11.6 Å². The minimum Gasteiger partial charge on any atom is -0.373 e. The second kappa shape index (κ2) is 5.52. The summed E-state index contributed by atoms with van der Waals surface area (Å²) in [5.74, 6) is 1.93. The molecule has 1 atom stereocenters. The Labute approximate surface area is 109 Å². The Balaban J connectivity index is 2.11. The molecule has 0 radical (unpaired) electrons. The van der Waals surface area contributed by atoms with Crippen LogP contribution in [0.4, 0.5) is 11.6 Å². The summed E-state index contributed by atoms with van der Waals surface area (Å²) in [6.45, 7) is 4.30. The van der Waals surface area contributed by atoms with Crippen molar-refractivity contribution in [3.05, 3.63) is 11.9 Å². The number of hydrogen-bond donors (Lipinski definition) is 1. The molecule has 1 fully saturated rings. The van der Waals surface area contributed by atoms with Crippen LogP contribution in [-0.2, 0) is 0 Å². The van der Waals surface area contributed by atoms with Crippen LogP contribution in [0.3, 0.4) is 0 Å². The Bertz CT molecular complexity index is 406. The van der Waals surface area contributed by atoms with Crippen molar-refractivity contribution in [2.24, 2.45) is 0 Å². The van der Waals surface area contributed by atoms with Gasteiger partial charge in [0, 0.05) is 32.2 Å². The highest BCUT2D eigenvalue weighted by molar-refractivity contribution is 5.57. The molecule has 1 aliphatic rings. The average molecular weight is 249 g/mol. The average Bonchev–Trinajstić information content (AvgIpc) is 2.75. The zero-order valence-corrected chi connectivity index (χ0v) is 11.8. The standard InChI is InChI=1S/C13H23N5/c1-10-12(14-2)15-9-16-13(10)18(4)8-11-6-5-7-17(11)3/h9,11H,5-8H2,1-4H3,(H,14,15,16). The quantitative estimate of drug-likeness (QED) is 0.873. The van der Waals surface area contributed by atoms with Gasteiger partial charge in [-0.05, 0) is 33.4 Å². The lowest BCUT2D eigenvalue weighted by Crippen LogP contribution is -2.37. The Hall–Kier alpha value is -1.36. The monoisotopic (exact) mass is 249 g/mol. The Kier molecular flexibility index (Phi) is 4.01. The van der Waals surface area contributed by atoms with Gasteiger partial charge in [0.2, 0.25) is 0 Å². The summed E-state index contributed by atoms with van der Waals surface area (Å²) in [7, 11) is 6.21. The van der Waals surface area contributed by atoms with Gasteiger partial charge in [0.1, 0.15) is 18.0 Å². The van der Waals surface area contributed by atoms with Gasteiger partial charge in [-0.25, -0.2) is 9.97 Å². The van der Waals surface area contributed by atoms with E-state index in [-0.39, 0.29) is 0 Å². The summed E-state index contributed by atoms with van der Waals surface area (Å²) in [5, 5.41) is 3.10. The summed E-state index contributed by atoms with van der Waals surface area (Å²) in [6.07, 6.45) is 4.21. The Morgan fingerprint density at radius 3 is 2.89 bits per heavy atom. The minimum absolute atomic E-state index is 0.641. The molecular weight excluding hydrogens is 226 g/mol. The smallest absolute Gasteiger partial charge is 0.136 e. The molecule has 1 N–H and O–H groups in total. The molecule has 1 saturated heterocycles. The molecule has 0 aromatic carbocycles. The van der Waals surface area contributed by atoms with E-state index in [0.29, 0.717) is 6.04 Å². The topological polar surface area (TPSA) is 44.3 Å². The molecule has 0 spiro atoms. The van der Waals surface area contributed by atoms with Crippen LogP contribution in [0.2, 0.25) is 0 Å². The maximum atomic E-state index is 4.41. The van der Waals surface area contributed by atoms with Gasteiger partial charge in [0.15, 0.2) is 0 Å². The molecule has 0 saturated carbocycles. The fraction of sp³-hybridized carbons (Fsp3) is 0.692. The van der Waals surface area contributed by atoms with Gasteiger partial charge in [0.05, 0.1) is 0 Å². The van der Waals surface area contributed by atoms with Crippen LogP contribution in [0, 0.1) is 6.92 Å². The molecule has 2 heterocycles. The molecule has 0 bridgehead atoms. The predicted octanol–water partition coefficient (Wildman–Crippen LogP) is 1.36. The molecule has 18 heavy (non-hydrogen) atoms. The van der Waals surface area contributed by atoms with Crippen LogP contribution >= 0.6 is 0 Å². The van der Waals surface area contributed by atoms with E-state index >= 15 is 0 Å². The van der Waals surface area contributed by atoms with Gasteiger partial charge in [-0.15, -0.1) is 0 Å². The van der Waals surface area contributed by atoms with Gasteiger partial charge in [-0.2, -0.15) is 0 Å². The van der Waals surface area contributed by atoms with Gasteiger partial charge in [-0.3, -0.25) is 0 Å². The highest BCUT2D eigenvalue weighted by atomic mass is 15.2. The van der Waals surface area contributed by atoms with Crippen LogP contribution in [0.1, 0.15) is 18.4 Å². The van der Waals surface area contributed by atoms with Crippen LogP contribution in [0.5, 0.6) is 0 Å². The van der Waals surface area contributed by atoms with Crippen molar-refractivity contribution in [3.8, 4) is 0 Å². The third-order valence-electron chi connectivity index (χ3n) is 3.81. The fourth-order valence-electron chi connectivity index (χ4n) is 2.69. The van der Waals surface area contributed by atoms with Crippen LogP contribution in [0.15, 0.2) is 6.33 Å². The Morgan fingerprint density at radius 2 is 2.28 bits per heavy atom. The number of likely N-dealkylation sites (tertiary alicyclic amines) is 1. The SMILES string of the molecule is CNc1ncnc(N(C)CC2CCCN2C)c1C. The number of nitrogens with one attached hydrogen (secondary N) is 1. The van der Waals surface area contributed by atoms with E-state index in [2.05, 4.69) is 46.1 Å². The van der Waals surface area contributed by atoms with E-state index in [0.717, 1.165) is 23.7 Å². The van der Waals surface area contributed by atoms with E-state index in [4.69, 9.17) is 0 Å². The van der Waals surface area contributed by atoms with Gasteiger partial charge < -0.3 is 15.1 Å². The van der Waals surface area contributed by atoms with Crippen molar-refractivity contribution in [3.63, 3.8) is 0 Å². The number of anilines is 2. The molecular formula is C13H23N5. The molecule has 1 aromatic rings. The lowest BCUT2D eigenvalue weighted by atomic mass is 10.2. The molecule has 0 aliphatic carbocycles. The zero-order valence-electron chi connectivity index (χ0n) is 11.8. The molecule has 5 nitrogen and oxygen atoms in total. The number of likely N-dealkylation sites (N-methyl/N-ethyl adjacent to an activating group) is 2. The highest BCUT2D eigenvalue weighted by Crippen LogP contribution is 2.23. The Morgan fingerprint density at radius 1 is 1.50 bits per heavy atom. The van der Waals surface area contributed by atoms with Crippen molar-refractivity contribution in [2.75, 3.05) is 44.4 Å². The van der Waals surface area contributed by atoms with Crippen molar-refractivity contribution in [1.29, 1.82) is 0 Å². The third kappa shape index (κ3) is 2.56. The zero-order chi connectivity index (χ0) is 13.1. The maximum absolute atomic E-state index is 4.41. The molecule has 0 amide bonds. The summed E-state index contributed by atoms with van der Waals surface area (Å²) in [5.41, 5.74) is 1.11. The predicted molar refractivity (Wildman–Crippen MR) is 75.2 cm³/mol. The first kappa shape index (κ1) is 13.1. The number of nitrogens with zero attached hydrogens (tertiary/aromatic N) is 4. The molecule has 100 valence electrons. The van der Waals surface area contributed by atoms with Crippen LogP contribution in [0.25, 0.3) is 0 Å². The summed E-state index contributed by atoms with van der Waals surface area (Å²) in [6, 6.07) is 0.641. The minimum atomic E-state index is 0.641. The molecule has 1 unspecified atom stereocenters. The fourth-order valence-corrected chi connectivity index (χ4v) is 2.69. The van der Waals surface area contributed by atoms with E-state index in [1.807, 2.05) is 7.05 Å². The second-order valence-corrected chi connectivity index (χ2v) is 5.08. The normalized spacial score (nSPS) is 20.1. The second-order valence-electron chi connectivity index (χ2n) is 5.08. The third-order valence-corrected chi connectivity index (χ3v) is 3.81. The molecule has 2 rings (SSSR count). The number of aromatic nitrogens is 2.